The van der Waals surface area contributed by atoms with Crippen molar-refractivity contribution in [3.63, 3.8) is 0 Å². The van der Waals surface area contributed by atoms with Crippen LogP contribution >= 0.6 is 11.3 Å². The van der Waals surface area contributed by atoms with Gasteiger partial charge in [-0.1, -0.05) is 0 Å². The molecule has 1 rings (SSSR count). The van der Waals surface area contributed by atoms with Gasteiger partial charge in [-0.05, 0) is 7.05 Å². The van der Waals surface area contributed by atoms with Gasteiger partial charge in [0.25, 0.3) is 0 Å². The number of rotatable bonds is 5. The molecule has 4 nitrogen and oxygen atoms in total. The maximum Gasteiger partial charge on any atom is 0.0897 e. The summed E-state index contributed by atoms with van der Waals surface area (Å²) in [4.78, 5) is 6.05. The van der Waals surface area contributed by atoms with Crippen molar-refractivity contribution in [1.82, 2.24) is 9.88 Å². The minimum atomic E-state index is -0.663. The molecule has 74 valence electrons. The van der Waals surface area contributed by atoms with E-state index in [2.05, 4.69) is 4.98 Å². The van der Waals surface area contributed by atoms with Gasteiger partial charge in [-0.3, -0.25) is 4.90 Å². The first-order valence-electron chi connectivity index (χ1n) is 4.07. The van der Waals surface area contributed by atoms with Crippen molar-refractivity contribution in [3.8, 4) is 0 Å². The van der Waals surface area contributed by atoms with Gasteiger partial charge in [0.05, 0.1) is 23.9 Å². The molecule has 0 saturated heterocycles. The Balaban J connectivity index is 2.29. The van der Waals surface area contributed by atoms with Gasteiger partial charge in [-0.25, -0.2) is 4.98 Å². The molecular formula is C8H14N2O2S. The Hall–Kier alpha value is -0.490. The van der Waals surface area contributed by atoms with E-state index in [0.29, 0.717) is 13.1 Å². The van der Waals surface area contributed by atoms with Crippen molar-refractivity contribution in [3.05, 3.63) is 16.6 Å². The van der Waals surface area contributed by atoms with Crippen LogP contribution in [0.1, 0.15) is 5.69 Å². The molecule has 0 amide bonds. The fourth-order valence-corrected chi connectivity index (χ4v) is 1.62. The smallest absolute Gasteiger partial charge is 0.0897 e. The number of aromatic nitrogens is 1. The minimum Gasteiger partial charge on any atom is -0.394 e. The normalized spacial score (nSPS) is 13.5. The topological polar surface area (TPSA) is 56.6 Å². The molecule has 1 unspecified atom stereocenters. The first-order valence-corrected chi connectivity index (χ1v) is 5.01. The first-order chi connectivity index (χ1) is 6.22. The van der Waals surface area contributed by atoms with Crippen LogP contribution in [0.2, 0.25) is 0 Å². The highest BCUT2D eigenvalue weighted by Gasteiger charge is 2.07. The van der Waals surface area contributed by atoms with Crippen molar-refractivity contribution >= 4 is 11.3 Å². The molecule has 0 fully saturated rings. The van der Waals surface area contributed by atoms with E-state index in [1.54, 1.807) is 16.8 Å². The quantitative estimate of drug-likeness (QED) is 0.701. The van der Waals surface area contributed by atoms with Gasteiger partial charge in [-0.2, -0.15) is 0 Å². The van der Waals surface area contributed by atoms with E-state index in [1.807, 2.05) is 17.3 Å². The second kappa shape index (κ2) is 5.29. The molecule has 1 heterocycles. The number of hydrogen-bond acceptors (Lipinski definition) is 5. The lowest BCUT2D eigenvalue weighted by Crippen LogP contribution is -2.31. The van der Waals surface area contributed by atoms with Crippen molar-refractivity contribution in [2.45, 2.75) is 12.6 Å². The van der Waals surface area contributed by atoms with E-state index in [-0.39, 0.29) is 6.61 Å². The third kappa shape index (κ3) is 3.82. The lowest BCUT2D eigenvalue weighted by Gasteiger charge is -2.17. The van der Waals surface area contributed by atoms with Crippen molar-refractivity contribution in [1.29, 1.82) is 0 Å². The monoisotopic (exact) mass is 202 g/mol. The molecule has 13 heavy (non-hydrogen) atoms. The number of nitrogens with zero attached hydrogens (tertiary/aromatic N) is 2. The summed E-state index contributed by atoms with van der Waals surface area (Å²) < 4.78 is 0. The van der Waals surface area contributed by atoms with Crippen LogP contribution in [0.15, 0.2) is 10.9 Å². The minimum absolute atomic E-state index is 0.193. The SMILES string of the molecule is CN(Cc1cscn1)CC(O)CO. The van der Waals surface area contributed by atoms with E-state index in [4.69, 9.17) is 10.2 Å². The zero-order valence-electron chi connectivity index (χ0n) is 7.55. The van der Waals surface area contributed by atoms with Gasteiger partial charge >= 0.3 is 0 Å². The van der Waals surface area contributed by atoms with Crippen molar-refractivity contribution < 1.29 is 10.2 Å². The summed E-state index contributed by atoms with van der Waals surface area (Å²) in [7, 11) is 1.89. The summed E-state index contributed by atoms with van der Waals surface area (Å²) in [6, 6.07) is 0. The van der Waals surface area contributed by atoms with E-state index >= 15 is 0 Å². The molecule has 0 saturated carbocycles. The summed E-state index contributed by atoms with van der Waals surface area (Å²) in [5.41, 5.74) is 2.78. The summed E-state index contributed by atoms with van der Waals surface area (Å²) in [5, 5.41) is 19.7. The average Bonchev–Trinajstić information content (AvgIpc) is 2.56. The van der Waals surface area contributed by atoms with Crippen LogP contribution in [0.4, 0.5) is 0 Å². The Bertz CT molecular complexity index is 228. The number of likely N-dealkylation sites (N-methyl/N-ethyl adjacent to an activating group) is 1. The van der Waals surface area contributed by atoms with E-state index in [0.717, 1.165) is 5.69 Å². The molecule has 1 aromatic rings. The zero-order chi connectivity index (χ0) is 9.68. The number of thiazole rings is 1. The van der Waals surface area contributed by atoms with E-state index in [1.165, 1.54) is 0 Å². The zero-order valence-corrected chi connectivity index (χ0v) is 8.37. The lowest BCUT2D eigenvalue weighted by molar-refractivity contribution is 0.0645. The van der Waals surface area contributed by atoms with E-state index in [9.17, 15) is 0 Å². The number of aliphatic hydroxyl groups excluding tert-OH is 2. The Labute approximate surface area is 81.5 Å². The molecule has 0 spiro atoms. The molecule has 0 bridgehead atoms. The molecule has 5 heteroatoms. The highest BCUT2D eigenvalue weighted by molar-refractivity contribution is 7.07. The van der Waals surface area contributed by atoms with Crippen molar-refractivity contribution in [2.24, 2.45) is 0 Å². The molecule has 0 aliphatic carbocycles. The molecule has 1 aromatic heterocycles. The predicted molar refractivity (Wildman–Crippen MR) is 51.5 cm³/mol. The maximum atomic E-state index is 9.15. The number of aliphatic hydroxyl groups is 2. The third-order valence-corrected chi connectivity index (χ3v) is 2.28. The Morgan fingerprint density at radius 2 is 2.46 bits per heavy atom. The van der Waals surface area contributed by atoms with Gasteiger partial charge in [0.2, 0.25) is 0 Å². The second-order valence-corrected chi connectivity index (χ2v) is 3.73. The van der Waals surface area contributed by atoms with Gasteiger partial charge in [0.1, 0.15) is 0 Å². The molecular weight excluding hydrogens is 188 g/mol. The molecule has 0 aliphatic heterocycles. The van der Waals surface area contributed by atoms with Gasteiger partial charge < -0.3 is 10.2 Å². The fourth-order valence-electron chi connectivity index (χ4n) is 1.07. The second-order valence-electron chi connectivity index (χ2n) is 3.01. The predicted octanol–water partition coefficient (Wildman–Crippen LogP) is -0.0719. The highest BCUT2D eigenvalue weighted by atomic mass is 32.1. The maximum absolute atomic E-state index is 9.15. The molecule has 0 aliphatic rings. The first kappa shape index (κ1) is 10.6. The number of hydrogen-bond donors (Lipinski definition) is 2. The Morgan fingerprint density at radius 1 is 1.69 bits per heavy atom. The standard InChI is InChI=1S/C8H14N2O2S/c1-10(3-8(12)4-11)2-7-5-13-6-9-7/h5-6,8,11-12H,2-4H2,1H3. The van der Waals surface area contributed by atoms with Crippen LogP contribution in [0.25, 0.3) is 0 Å². The third-order valence-electron chi connectivity index (χ3n) is 1.65. The summed E-state index contributed by atoms with van der Waals surface area (Å²) in [5.74, 6) is 0. The highest BCUT2D eigenvalue weighted by Crippen LogP contribution is 2.04. The lowest BCUT2D eigenvalue weighted by atomic mass is 10.3. The van der Waals surface area contributed by atoms with Crippen LogP contribution in [-0.4, -0.2) is 46.4 Å². The molecule has 0 aromatic carbocycles. The Morgan fingerprint density at radius 3 is 3.00 bits per heavy atom. The van der Waals surface area contributed by atoms with Gasteiger partial charge in [0, 0.05) is 18.5 Å². The largest absolute Gasteiger partial charge is 0.394 e. The molecule has 0 radical (unpaired) electrons. The van der Waals surface area contributed by atoms with Crippen molar-refractivity contribution in [2.75, 3.05) is 20.2 Å². The van der Waals surface area contributed by atoms with Gasteiger partial charge in [-0.15, -0.1) is 11.3 Å². The molecule has 1 atom stereocenters. The summed E-state index contributed by atoms with van der Waals surface area (Å²) in [6.07, 6.45) is -0.663. The fraction of sp³-hybridized carbons (Fsp3) is 0.625. The molecule has 2 N–H and O–H groups in total. The summed E-state index contributed by atoms with van der Waals surface area (Å²) >= 11 is 1.56. The van der Waals surface area contributed by atoms with Gasteiger partial charge in [0.15, 0.2) is 0 Å². The van der Waals surface area contributed by atoms with Crippen LogP contribution in [0, 0.1) is 0 Å². The van der Waals surface area contributed by atoms with Crippen LogP contribution in [0.3, 0.4) is 0 Å². The Kier molecular flexibility index (Phi) is 4.31. The van der Waals surface area contributed by atoms with Crippen LogP contribution < -0.4 is 0 Å². The van der Waals surface area contributed by atoms with Crippen LogP contribution in [0.5, 0.6) is 0 Å². The average molecular weight is 202 g/mol. The van der Waals surface area contributed by atoms with E-state index < -0.39 is 6.10 Å². The van der Waals surface area contributed by atoms with Crippen LogP contribution in [-0.2, 0) is 6.54 Å². The summed E-state index contributed by atoms with van der Waals surface area (Å²) in [6.45, 7) is 0.982.